The van der Waals surface area contributed by atoms with Crippen molar-refractivity contribution in [2.75, 3.05) is 12.4 Å². The third-order valence-electron chi connectivity index (χ3n) is 2.35. The molecular weight excluding hydrogens is 236 g/mol. The number of amides is 1. The number of hydrogen-bond acceptors (Lipinski definition) is 5. The molecule has 0 fully saturated rings. The van der Waals surface area contributed by atoms with Gasteiger partial charge in [0.2, 0.25) is 5.91 Å². The van der Waals surface area contributed by atoms with Gasteiger partial charge in [0.1, 0.15) is 23.4 Å². The van der Waals surface area contributed by atoms with Gasteiger partial charge in [-0.05, 0) is 19.1 Å². The van der Waals surface area contributed by atoms with Crippen molar-refractivity contribution < 1.29 is 9.72 Å². The Labute approximate surface area is 104 Å². The van der Waals surface area contributed by atoms with E-state index in [0.717, 1.165) is 0 Å². The summed E-state index contributed by atoms with van der Waals surface area (Å²) in [5, 5.41) is 24.9. The summed E-state index contributed by atoms with van der Waals surface area (Å²) in [6.45, 7) is 1.57. The summed E-state index contributed by atoms with van der Waals surface area (Å²) in [4.78, 5) is 21.6. The molecule has 1 rings (SSSR count). The van der Waals surface area contributed by atoms with E-state index in [4.69, 9.17) is 5.26 Å². The lowest BCUT2D eigenvalue weighted by Gasteiger charge is -2.13. The second-order valence-corrected chi connectivity index (χ2v) is 3.55. The number of nitro groups is 1. The molecule has 0 aliphatic heterocycles. The highest BCUT2D eigenvalue weighted by Crippen LogP contribution is 2.28. The number of nitro benzene ring substituents is 1. The van der Waals surface area contributed by atoms with E-state index in [1.807, 2.05) is 0 Å². The summed E-state index contributed by atoms with van der Waals surface area (Å²) in [6, 6.07) is 5.45. The summed E-state index contributed by atoms with van der Waals surface area (Å²) in [5.41, 5.74) is -0.222. The first kappa shape index (κ1) is 13.4. The fourth-order valence-electron chi connectivity index (χ4n) is 1.46. The first-order valence-corrected chi connectivity index (χ1v) is 5.17. The lowest BCUT2D eigenvalue weighted by molar-refractivity contribution is -0.384. The van der Waals surface area contributed by atoms with Crippen LogP contribution in [0.3, 0.4) is 0 Å². The molecule has 0 aliphatic carbocycles. The molecule has 2 N–H and O–H groups in total. The monoisotopic (exact) mass is 248 g/mol. The molecule has 18 heavy (non-hydrogen) atoms. The van der Waals surface area contributed by atoms with Crippen LogP contribution in [-0.4, -0.2) is 23.9 Å². The van der Waals surface area contributed by atoms with Gasteiger partial charge in [-0.2, -0.15) is 5.26 Å². The molecule has 0 saturated carbocycles. The standard InChI is InChI=1S/C11H12N4O3/c1-7(11(16)13-2)14-9-5-3-4-8(6-12)10(9)15(17)18/h3-5,7,14H,1-2H3,(H,13,16). The summed E-state index contributed by atoms with van der Waals surface area (Å²) < 4.78 is 0. The zero-order chi connectivity index (χ0) is 13.7. The molecule has 0 bridgehead atoms. The van der Waals surface area contributed by atoms with Crippen molar-refractivity contribution in [1.29, 1.82) is 5.26 Å². The van der Waals surface area contributed by atoms with Crippen LogP contribution in [0.25, 0.3) is 0 Å². The summed E-state index contributed by atoms with van der Waals surface area (Å²) in [7, 11) is 1.47. The van der Waals surface area contributed by atoms with E-state index in [2.05, 4.69) is 10.6 Å². The first-order chi connectivity index (χ1) is 8.51. The van der Waals surface area contributed by atoms with Crippen LogP contribution in [0.2, 0.25) is 0 Å². The molecule has 1 amide bonds. The van der Waals surface area contributed by atoms with Gasteiger partial charge in [0.05, 0.1) is 4.92 Å². The molecule has 1 aromatic carbocycles. The Morgan fingerprint density at radius 1 is 1.56 bits per heavy atom. The number of nitrogens with one attached hydrogen (secondary N) is 2. The maximum atomic E-state index is 11.3. The maximum Gasteiger partial charge on any atom is 0.309 e. The summed E-state index contributed by atoms with van der Waals surface area (Å²) in [5.74, 6) is -0.299. The summed E-state index contributed by atoms with van der Waals surface area (Å²) in [6.07, 6.45) is 0. The van der Waals surface area contributed by atoms with Gasteiger partial charge in [0, 0.05) is 7.05 Å². The molecule has 94 valence electrons. The predicted molar refractivity (Wildman–Crippen MR) is 65.0 cm³/mol. The number of benzene rings is 1. The number of nitrogens with zero attached hydrogens (tertiary/aromatic N) is 2. The lowest BCUT2D eigenvalue weighted by Crippen LogP contribution is -2.35. The Bertz CT molecular complexity index is 522. The molecule has 0 aromatic heterocycles. The third-order valence-corrected chi connectivity index (χ3v) is 2.35. The minimum atomic E-state index is -0.641. The number of para-hydroxylation sites is 1. The second kappa shape index (κ2) is 5.63. The highest BCUT2D eigenvalue weighted by Gasteiger charge is 2.22. The van der Waals surface area contributed by atoms with Crippen LogP contribution in [0.5, 0.6) is 0 Å². The minimum absolute atomic E-state index is 0.0471. The Balaban J connectivity index is 3.14. The SMILES string of the molecule is CNC(=O)C(C)Nc1cccc(C#N)c1[N+](=O)[O-]. The average Bonchev–Trinajstić information content (AvgIpc) is 2.36. The number of carbonyl (C=O) groups is 1. The highest BCUT2D eigenvalue weighted by atomic mass is 16.6. The molecule has 0 radical (unpaired) electrons. The zero-order valence-electron chi connectivity index (χ0n) is 9.93. The average molecular weight is 248 g/mol. The molecule has 1 unspecified atom stereocenters. The van der Waals surface area contributed by atoms with E-state index in [1.165, 1.54) is 25.2 Å². The number of likely N-dealkylation sites (N-methyl/N-ethyl adjacent to an activating group) is 1. The van der Waals surface area contributed by atoms with E-state index >= 15 is 0 Å². The quantitative estimate of drug-likeness (QED) is 0.610. The van der Waals surface area contributed by atoms with Gasteiger partial charge in [0.15, 0.2) is 0 Å². The van der Waals surface area contributed by atoms with Gasteiger partial charge in [0.25, 0.3) is 0 Å². The van der Waals surface area contributed by atoms with Gasteiger partial charge >= 0.3 is 5.69 Å². The van der Waals surface area contributed by atoms with Crippen LogP contribution in [0, 0.1) is 21.4 Å². The Hall–Kier alpha value is -2.62. The number of anilines is 1. The van der Waals surface area contributed by atoms with Gasteiger partial charge in [-0.3, -0.25) is 14.9 Å². The van der Waals surface area contributed by atoms with Crippen molar-refractivity contribution in [1.82, 2.24) is 5.32 Å². The van der Waals surface area contributed by atoms with Crippen LogP contribution in [0.15, 0.2) is 18.2 Å². The number of carbonyl (C=O) groups excluding carboxylic acids is 1. The van der Waals surface area contributed by atoms with E-state index in [-0.39, 0.29) is 22.8 Å². The van der Waals surface area contributed by atoms with Crippen LogP contribution >= 0.6 is 0 Å². The highest BCUT2D eigenvalue weighted by molar-refractivity contribution is 5.85. The first-order valence-electron chi connectivity index (χ1n) is 5.17. The minimum Gasteiger partial charge on any atom is -0.368 e. The predicted octanol–water partition coefficient (Wildman–Crippen LogP) is 1.01. The molecule has 0 heterocycles. The van der Waals surface area contributed by atoms with Crippen LogP contribution in [-0.2, 0) is 4.79 Å². The van der Waals surface area contributed by atoms with Crippen molar-refractivity contribution in [2.45, 2.75) is 13.0 Å². The Morgan fingerprint density at radius 2 is 2.22 bits per heavy atom. The molecule has 1 atom stereocenters. The summed E-state index contributed by atoms with van der Waals surface area (Å²) >= 11 is 0. The van der Waals surface area contributed by atoms with Gasteiger partial charge in [-0.25, -0.2) is 0 Å². The van der Waals surface area contributed by atoms with Gasteiger partial charge in [-0.1, -0.05) is 6.07 Å². The lowest BCUT2D eigenvalue weighted by atomic mass is 10.1. The van der Waals surface area contributed by atoms with Crippen molar-refractivity contribution in [3.8, 4) is 6.07 Å². The maximum absolute atomic E-state index is 11.3. The van der Waals surface area contributed by atoms with Gasteiger partial charge in [-0.15, -0.1) is 0 Å². The zero-order valence-corrected chi connectivity index (χ0v) is 9.93. The van der Waals surface area contributed by atoms with Crippen LogP contribution < -0.4 is 10.6 Å². The Kier molecular flexibility index (Phi) is 4.21. The van der Waals surface area contributed by atoms with E-state index in [9.17, 15) is 14.9 Å². The normalized spacial score (nSPS) is 11.2. The van der Waals surface area contributed by atoms with Crippen LogP contribution in [0.1, 0.15) is 12.5 Å². The molecule has 0 saturated heterocycles. The molecule has 7 nitrogen and oxygen atoms in total. The molecule has 1 aromatic rings. The largest absolute Gasteiger partial charge is 0.368 e. The molecule has 0 aliphatic rings. The fraction of sp³-hybridized carbons (Fsp3) is 0.273. The van der Waals surface area contributed by atoms with E-state index in [0.29, 0.717) is 0 Å². The van der Waals surface area contributed by atoms with Crippen molar-refractivity contribution in [2.24, 2.45) is 0 Å². The third kappa shape index (κ3) is 2.74. The smallest absolute Gasteiger partial charge is 0.309 e. The van der Waals surface area contributed by atoms with Crippen molar-refractivity contribution in [3.05, 3.63) is 33.9 Å². The van der Waals surface area contributed by atoms with Crippen molar-refractivity contribution >= 4 is 17.3 Å². The Morgan fingerprint density at radius 3 is 2.72 bits per heavy atom. The molecule has 0 spiro atoms. The second-order valence-electron chi connectivity index (χ2n) is 3.55. The number of hydrogen-bond donors (Lipinski definition) is 2. The molecule has 7 heteroatoms. The van der Waals surface area contributed by atoms with Gasteiger partial charge < -0.3 is 10.6 Å². The van der Waals surface area contributed by atoms with Crippen LogP contribution in [0.4, 0.5) is 11.4 Å². The fourth-order valence-corrected chi connectivity index (χ4v) is 1.46. The van der Waals surface area contributed by atoms with Crippen molar-refractivity contribution in [3.63, 3.8) is 0 Å². The van der Waals surface area contributed by atoms with E-state index in [1.54, 1.807) is 13.0 Å². The van der Waals surface area contributed by atoms with E-state index < -0.39 is 11.0 Å². The number of nitriles is 1. The number of rotatable bonds is 4. The topological polar surface area (TPSA) is 108 Å². The molecular formula is C11H12N4O3.